The minimum absolute atomic E-state index is 0.0413. The number of thiazole rings is 1. The quantitative estimate of drug-likeness (QED) is 0.585. The molecule has 2 aromatic rings. The number of ether oxygens (including phenoxy) is 1. The van der Waals surface area contributed by atoms with Crippen LogP contribution in [0.2, 0.25) is 0 Å². The van der Waals surface area contributed by atoms with Gasteiger partial charge in [0.25, 0.3) is 0 Å². The number of rotatable bonds is 2. The van der Waals surface area contributed by atoms with Crippen molar-refractivity contribution in [1.29, 1.82) is 0 Å². The zero-order valence-corrected chi connectivity index (χ0v) is 17.6. The van der Waals surface area contributed by atoms with Gasteiger partial charge in [0.15, 0.2) is 0 Å². The van der Waals surface area contributed by atoms with Crippen LogP contribution < -0.4 is 9.77 Å². The van der Waals surface area contributed by atoms with Crippen LogP contribution >= 0.6 is 23.1 Å². The number of benzene rings is 1. The van der Waals surface area contributed by atoms with E-state index in [-0.39, 0.29) is 57.6 Å². The molecule has 1 N–H and O–H groups in total. The van der Waals surface area contributed by atoms with E-state index < -0.39 is 0 Å². The number of hydrogen-bond donors (Lipinski definition) is 1. The summed E-state index contributed by atoms with van der Waals surface area (Å²) in [6.07, 6.45) is 0.893. The second-order valence-electron chi connectivity index (χ2n) is 8.69. The van der Waals surface area contributed by atoms with E-state index in [1.807, 2.05) is 14.1 Å². The average molecular weight is 429 g/mol. The maximum atomic E-state index is 12.4. The van der Waals surface area contributed by atoms with E-state index in [0.29, 0.717) is 0 Å². The molecule has 7 unspecified atom stereocenters. The molecule has 2 saturated carbocycles. The average Bonchev–Trinajstić information content (AvgIpc) is 3.41. The SMILES string of the molecule is CN(C)c1ccc(C2c3sc(=O)[nH]c3SC3C4CC(C5C(=O)OC(=O)C45)C23)cc1. The van der Waals surface area contributed by atoms with E-state index in [2.05, 4.69) is 34.1 Å². The van der Waals surface area contributed by atoms with Gasteiger partial charge in [-0.1, -0.05) is 23.5 Å². The number of aromatic nitrogens is 1. The number of aromatic amines is 1. The number of cyclic esters (lactones) is 2. The van der Waals surface area contributed by atoms with E-state index in [1.54, 1.807) is 11.8 Å². The highest BCUT2D eigenvalue weighted by molar-refractivity contribution is 8.00. The number of anilines is 1. The minimum Gasteiger partial charge on any atom is -0.393 e. The van der Waals surface area contributed by atoms with Crippen molar-refractivity contribution in [2.24, 2.45) is 29.6 Å². The fourth-order valence-electron chi connectivity index (χ4n) is 6.17. The molecule has 3 fully saturated rings. The van der Waals surface area contributed by atoms with Crippen LogP contribution in [0.25, 0.3) is 0 Å². The Hall–Kier alpha value is -2.06. The van der Waals surface area contributed by atoms with Gasteiger partial charge in [0.1, 0.15) is 0 Å². The molecule has 29 heavy (non-hydrogen) atoms. The lowest BCUT2D eigenvalue weighted by atomic mass is 9.68. The first-order valence-electron chi connectivity index (χ1n) is 9.86. The maximum absolute atomic E-state index is 12.4. The normalized spacial score (nSPS) is 36.6. The molecule has 1 aromatic heterocycles. The molecule has 2 aliphatic heterocycles. The zero-order chi connectivity index (χ0) is 20.0. The van der Waals surface area contributed by atoms with Crippen molar-refractivity contribution >= 4 is 40.7 Å². The Bertz CT molecular complexity index is 1090. The Balaban J connectivity index is 1.48. The molecule has 0 radical (unpaired) electrons. The largest absolute Gasteiger partial charge is 0.393 e. The monoisotopic (exact) mass is 428 g/mol. The van der Waals surface area contributed by atoms with Gasteiger partial charge in [-0.05, 0) is 41.9 Å². The van der Waals surface area contributed by atoms with E-state index in [0.717, 1.165) is 22.0 Å². The van der Waals surface area contributed by atoms with Gasteiger partial charge in [0.2, 0.25) is 0 Å². The minimum atomic E-state index is -0.344. The van der Waals surface area contributed by atoms with Gasteiger partial charge in [-0.2, -0.15) is 0 Å². The van der Waals surface area contributed by atoms with Crippen LogP contribution in [-0.4, -0.2) is 36.3 Å². The van der Waals surface area contributed by atoms with Crippen molar-refractivity contribution in [3.63, 3.8) is 0 Å². The number of carbonyl (C=O) groups excluding carboxylic acids is 2. The van der Waals surface area contributed by atoms with Crippen molar-refractivity contribution in [2.75, 3.05) is 19.0 Å². The Morgan fingerprint density at radius 2 is 1.72 bits per heavy atom. The third-order valence-electron chi connectivity index (χ3n) is 7.23. The Labute approximate surface area is 175 Å². The van der Waals surface area contributed by atoms with Gasteiger partial charge in [-0.25, -0.2) is 0 Å². The van der Waals surface area contributed by atoms with Gasteiger partial charge in [-0.3, -0.25) is 14.4 Å². The van der Waals surface area contributed by atoms with Crippen LogP contribution in [0.1, 0.15) is 22.8 Å². The first-order valence-corrected chi connectivity index (χ1v) is 11.6. The first kappa shape index (κ1) is 17.8. The summed E-state index contributed by atoms with van der Waals surface area (Å²) in [5.41, 5.74) is 2.29. The van der Waals surface area contributed by atoms with Crippen molar-refractivity contribution in [2.45, 2.75) is 22.6 Å². The molecule has 0 amide bonds. The lowest BCUT2D eigenvalue weighted by Crippen LogP contribution is -2.42. The number of nitrogens with one attached hydrogen (secondary N) is 1. The Kier molecular flexibility index (Phi) is 3.66. The van der Waals surface area contributed by atoms with Gasteiger partial charge < -0.3 is 14.6 Å². The lowest BCUT2D eigenvalue weighted by molar-refractivity contribution is -0.154. The summed E-state index contributed by atoms with van der Waals surface area (Å²) < 4.78 is 5.03. The number of nitrogens with zero attached hydrogens (tertiary/aromatic N) is 1. The third kappa shape index (κ3) is 2.33. The Morgan fingerprint density at radius 3 is 2.41 bits per heavy atom. The summed E-state index contributed by atoms with van der Waals surface area (Å²) in [5, 5.41) is 1.15. The highest BCUT2D eigenvalue weighted by Gasteiger charge is 2.69. The zero-order valence-electron chi connectivity index (χ0n) is 16.0. The molecule has 2 bridgehead atoms. The third-order valence-corrected chi connectivity index (χ3v) is 9.82. The molecule has 3 heterocycles. The predicted octanol–water partition coefficient (Wildman–Crippen LogP) is 2.69. The van der Waals surface area contributed by atoms with Gasteiger partial charge in [0.05, 0.1) is 16.9 Å². The molecule has 4 aliphatic rings. The first-order chi connectivity index (χ1) is 13.9. The summed E-state index contributed by atoms with van der Waals surface area (Å²) in [7, 11) is 4.02. The predicted molar refractivity (Wildman–Crippen MR) is 110 cm³/mol. The molecule has 8 heteroatoms. The van der Waals surface area contributed by atoms with Crippen LogP contribution in [0.3, 0.4) is 0 Å². The van der Waals surface area contributed by atoms with Crippen LogP contribution in [0.15, 0.2) is 34.1 Å². The van der Waals surface area contributed by atoms with Crippen molar-refractivity contribution in [1.82, 2.24) is 4.98 Å². The molecule has 6 nitrogen and oxygen atoms in total. The van der Waals surface area contributed by atoms with E-state index in [9.17, 15) is 14.4 Å². The lowest BCUT2D eigenvalue weighted by Gasteiger charge is -2.42. The Morgan fingerprint density at radius 1 is 1.03 bits per heavy atom. The molecule has 1 aromatic carbocycles. The molecule has 6 rings (SSSR count). The van der Waals surface area contributed by atoms with Gasteiger partial charge >= 0.3 is 16.8 Å². The highest BCUT2D eigenvalue weighted by Crippen LogP contribution is 2.68. The summed E-state index contributed by atoms with van der Waals surface area (Å²) in [5.74, 6) is -0.733. The molecular weight excluding hydrogens is 408 g/mol. The number of fused-ring (bicyclic) bond motifs is 9. The molecule has 150 valence electrons. The molecular formula is C21H20N2O4S2. The van der Waals surface area contributed by atoms with Gasteiger partial charge in [0, 0.05) is 35.8 Å². The van der Waals surface area contributed by atoms with E-state index in [4.69, 9.17) is 4.74 Å². The summed E-state index contributed by atoms with van der Waals surface area (Å²) >= 11 is 2.98. The molecule has 7 atom stereocenters. The number of H-pyrrole nitrogens is 1. The van der Waals surface area contributed by atoms with Crippen LogP contribution in [0.5, 0.6) is 0 Å². The fourth-order valence-corrected chi connectivity index (χ4v) is 9.06. The van der Waals surface area contributed by atoms with E-state index >= 15 is 0 Å². The second kappa shape index (κ2) is 5.98. The number of carbonyl (C=O) groups is 2. The number of esters is 2. The van der Waals surface area contributed by atoms with Crippen molar-refractivity contribution in [3.8, 4) is 0 Å². The number of hydrogen-bond acceptors (Lipinski definition) is 7. The molecule has 0 spiro atoms. The smallest absolute Gasteiger partial charge is 0.317 e. The van der Waals surface area contributed by atoms with E-state index in [1.165, 1.54) is 16.9 Å². The van der Waals surface area contributed by atoms with Crippen LogP contribution in [0.4, 0.5) is 5.69 Å². The van der Waals surface area contributed by atoms with Gasteiger partial charge in [-0.15, -0.1) is 11.8 Å². The number of thioether (sulfide) groups is 1. The molecule has 1 saturated heterocycles. The summed E-state index contributed by atoms with van der Waals surface area (Å²) in [4.78, 5) is 43.0. The van der Waals surface area contributed by atoms with Crippen molar-refractivity contribution in [3.05, 3.63) is 44.4 Å². The summed E-state index contributed by atoms with van der Waals surface area (Å²) in [6.45, 7) is 0. The fraction of sp³-hybridized carbons (Fsp3) is 0.476. The highest BCUT2D eigenvalue weighted by atomic mass is 32.2. The van der Waals surface area contributed by atoms with Crippen LogP contribution in [0, 0.1) is 29.6 Å². The second-order valence-corrected chi connectivity index (χ2v) is 10.9. The topological polar surface area (TPSA) is 79.5 Å². The van der Waals surface area contributed by atoms with Crippen LogP contribution in [-0.2, 0) is 14.3 Å². The van der Waals surface area contributed by atoms with Crippen molar-refractivity contribution < 1.29 is 14.3 Å². The summed E-state index contributed by atoms with van der Waals surface area (Å²) in [6, 6.07) is 8.49. The standard InChI is InChI=1S/C21H20N2O4S2/c1-23(2)9-5-3-8(4-6-9)12-13-10-7-11(15-14(10)19(24)27-20(15)25)16(13)28-18-17(12)29-21(26)22-18/h3-6,10-16H,7H2,1-2H3,(H,22,26). The maximum Gasteiger partial charge on any atom is 0.317 e. The molecule has 2 aliphatic carbocycles.